The van der Waals surface area contributed by atoms with Crippen LogP contribution in [0.2, 0.25) is 10.0 Å². The van der Waals surface area contributed by atoms with Crippen LogP contribution in [0.5, 0.6) is 5.75 Å². The van der Waals surface area contributed by atoms with Gasteiger partial charge in [-0.25, -0.2) is 4.98 Å². The molecule has 0 radical (unpaired) electrons. The van der Waals surface area contributed by atoms with E-state index in [-0.39, 0.29) is 35.1 Å². The van der Waals surface area contributed by atoms with Crippen LogP contribution in [0.3, 0.4) is 0 Å². The number of carbonyl (C=O) groups excluding carboxylic acids is 1. The number of carboxylic acids is 1. The van der Waals surface area contributed by atoms with Gasteiger partial charge in [0.2, 0.25) is 0 Å². The monoisotopic (exact) mass is 450 g/mol. The second-order valence-corrected chi connectivity index (χ2v) is 7.66. The Morgan fingerprint density at radius 2 is 1.83 bits per heavy atom. The van der Waals surface area contributed by atoms with Gasteiger partial charge in [-0.3, -0.25) is 0 Å². The molecule has 2 aromatic carbocycles. The smallest absolute Gasteiger partial charge is 0.545 e. The number of fused-ring (bicyclic) bond motifs is 1. The first-order valence-corrected chi connectivity index (χ1v) is 9.86. The molecule has 0 aliphatic carbocycles. The first kappa shape index (κ1) is 22.9. The molecule has 2 heterocycles. The minimum atomic E-state index is -1.18. The molecule has 0 spiro atoms. The van der Waals surface area contributed by atoms with Crippen LogP contribution in [0.15, 0.2) is 54.7 Å². The molecule has 0 fully saturated rings. The molecule has 1 aliphatic rings. The maximum atomic E-state index is 11.4. The summed E-state index contributed by atoms with van der Waals surface area (Å²) in [7, 11) is 0. The molecule has 1 aromatic heterocycles. The minimum Gasteiger partial charge on any atom is -0.545 e. The molecule has 3 aromatic rings. The third kappa shape index (κ3) is 5.10. The van der Waals surface area contributed by atoms with Crippen molar-refractivity contribution in [1.82, 2.24) is 4.98 Å². The van der Waals surface area contributed by atoms with Gasteiger partial charge >= 0.3 is 29.6 Å². The fraction of sp³-hybridized carbons (Fsp3) is 0.182. The normalized spacial score (nSPS) is 12.3. The van der Waals surface area contributed by atoms with E-state index < -0.39 is 5.97 Å². The Morgan fingerprint density at radius 3 is 2.57 bits per heavy atom. The fourth-order valence-corrected chi connectivity index (χ4v) is 3.78. The van der Waals surface area contributed by atoms with Crippen LogP contribution in [0, 0.1) is 0 Å². The van der Waals surface area contributed by atoms with Crippen LogP contribution in [0.25, 0.3) is 0 Å². The molecule has 8 heteroatoms. The number of hydrogen-bond acceptors (Lipinski definition) is 5. The van der Waals surface area contributed by atoms with Crippen molar-refractivity contribution >= 4 is 35.0 Å². The van der Waals surface area contributed by atoms with Crippen LogP contribution < -0.4 is 44.3 Å². The number of aromatic nitrogens is 1. The van der Waals surface area contributed by atoms with Crippen molar-refractivity contribution in [3.8, 4) is 5.75 Å². The van der Waals surface area contributed by atoms with E-state index in [1.165, 1.54) is 12.3 Å². The molecule has 0 amide bonds. The van der Waals surface area contributed by atoms with E-state index in [1.54, 1.807) is 6.07 Å². The zero-order valence-corrected chi connectivity index (χ0v) is 19.9. The zero-order chi connectivity index (χ0) is 20.4. The average molecular weight is 451 g/mol. The summed E-state index contributed by atoms with van der Waals surface area (Å²) in [6.07, 6.45) is 2.10. The molecule has 5 nitrogen and oxygen atoms in total. The van der Waals surface area contributed by atoms with Crippen molar-refractivity contribution in [2.24, 2.45) is 0 Å². The zero-order valence-electron chi connectivity index (χ0n) is 16.4. The van der Waals surface area contributed by atoms with E-state index in [4.69, 9.17) is 27.9 Å². The first-order valence-electron chi connectivity index (χ1n) is 9.11. The van der Waals surface area contributed by atoms with Gasteiger partial charge in [-0.15, -0.1) is 0 Å². The molecular formula is C22H17Cl2N2NaO3. The summed E-state index contributed by atoms with van der Waals surface area (Å²) in [6, 6.07) is 14.5. The summed E-state index contributed by atoms with van der Waals surface area (Å²) in [6.45, 7) is 1.57. The van der Waals surface area contributed by atoms with Gasteiger partial charge in [-0.2, -0.15) is 0 Å². The van der Waals surface area contributed by atoms with E-state index in [2.05, 4.69) is 4.98 Å². The van der Waals surface area contributed by atoms with Crippen LogP contribution >= 0.6 is 23.2 Å². The topological polar surface area (TPSA) is 65.5 Å². The van der Waals surface area contributed by atoms with Gasteiger partial charge < -0.3 is 19.5 Å². The second-order valence-electron chi connectivity index (χ2n) is 6.79. The number of ether oxygens (including phenoxy) is 1. The predicted molar refractivity (Wildman–Crippen MR) is 111 cm³/mol. The average Bonchev–Trinajstić information content (AvgIpc) is 3.11. The molecule has 148 valence electrons. The summed E-state index contributed by atoms with van der Waals surface area (Å²) < 4.78 is 6.03. The molecular weight excluding hydrogens is 434 g/mol. The molecule has 0 unspecified atom stereocenters. The van der Waals surface area contributed by atoms with Crippen molar-refractivity contribution in [3.63, 3.8) is 0 Å². The molecule has 1 aliphatic heterocycles. The molecule has 0 saturated carbocycles. The van der Waals surface area contributed by atoms with Gasteiger partial charge in [0.15, 0.2) is 0 Å². The molecule has 0 bridgehead atoms. The minimum absolute atomic E-state index is 0. The van der Waals surface area contributed by atoms with E-state index in [0.29, 0.717) is 53.3 Å². The van der Waals surface area contributed by atoms with Crippen LogP contribution in [-0.4, -0.2) is 17.5 Å². The van der Waals surface area contributed by atoms with E-state index in [0.717, 1.165) is 11.1 Å². The number of rotatable bonds is 6. The number of hydrogen-bond donors (Lipinski definition) is 0. The SMILES string of the molecule is O=C([O-])c1ccnc2c1CCN2Cc1cc(Cl)ccc1OCc1ccc(Cl)cc1.[Na+]. The molecule has 4 rings (SSSR count). The predicted octanol–water partition coefficient (Wildman–Crippen LogP) is 0.898. The fourth-order valence-electron chi connectivity index (χ4n) is 3.46. The number of anilines is 1. The molecule has 30 heavy (non-hydrogen) atoms. The van der Waals surface area contributed by atoms with Crippen LogP contribution in [0.1, 0.15) is 27.0 Å². The first-order chi connectivity index (χ1) is 14.0. The van der Waals surface area contributed by atoms with Gasteiger partial charge in [0.1, 0.15) is 18.2 Å². The van der Waals surface area contributed by atoms with Gasteiger partial charge in [-0.1, -0.05) is 35.3 Å². The van der Waals surface area contributed by atoms with Crippen molar-refractivity contribution in [2.45, 2.75) is 19.6 Å². The van der Waals surface area contributed by atoms with Crippen LogP contribution in [0.4, 0.5) is 5.82 Å². The molecule has 0 saturated heterocycles. The van der Waals surface area contributed by atoms with Crippen molar-refractivity contribution < 1.29 is 44.2 Å². The van der Waals surface area contributed by atoms with Gasteiger partial charge in [0, 0.05) is 46.0 Å². The van der Waals surface area contributed by atoms with E-state index in [9.17, 15) is 9.90 Å². The third-order valence-corrected chi connectivity index (χ3v) is 5.36. The summed E-state index contributed by atoms with van der Waals surface area (Å²) in [5.41, 5.74) is 2.81. The maximum Gasteiger partial charge on any atom is 1.00 e. The number of benzene rings is 2. The molecule has 0 atom stereocenters. The van der Waals surface area contributed by atoms with Crippen molar-refractivity contribution in [3.05, 3.63) is 87.0 Å². The number of aromatic carboxylic acids is 1. The number of nitrogens with zero attached hydrogens (tertiary/aromatic N) is 2. The summed E-state index contributed by atoms with van der Waals surface area (Å²) in [5, 5.41) is 12.6. The Kier molecular flexibility index (Phi) is 7.66. The van der Waals surface area contributed by atoms with Gasteiger partial charge in [0.05, 0.1) is 5.97 Å². The standard InChI is InChI=1S/C22H18Cl2N2O3.Na/c23-16-3-1-14(2-4-16)13-29-20-6-5-17(24)11-15(20)12-26-10-8-18-19(22(27)28)7-9-25-21(18)26;/h1-7,9,11H,8,10,12-13H2,(H,27,28);/q;+1/p-1. The largest absolute Gasteiger partial charge is 1.00 e. The Hall–Kier alpha value is -1.76. The van der Waals surface area contributed by atoms with E-state index in [1.807, 2.05) is 41.3 Å². The van der Waals surface area contributed by atoms with Crippen molar-refractivity contribution in [1.29, 1.82) is 0 Å². The van der Waals surface area contributed by atoms with Gasteiger partial charge in [0.25, 0.3) is 0 Å². The number of halogens is 2. The van der Waals surface area contributed by atoms with Crippen molar-refractivity contribution in [2.75, 3.05) is 11.4 Å². The summed E-state index contributed by atoms with van der Waals surface area (Å²) in [4.78, 5) is 17.8. The number of pyridine rings is 1. The Balaban J connectivity index is 0.00000256. The number of carboxylic acid groups (broad SMARTS) is 1. The quantitative estimate of drug-likeness (QED) is 0.522. The Labute approximate surface area is 206 Å². The van der Waals surface area contributed by atoms with Crippen LogP contribution in [-0.2, 0) is 19.6 Å². The molecule has 0 N–H and O–H groups in total. The maximum absolute atomic E-state index is 11.4. The second kappa shape index (κ2) is 10.0. The summed E-state index contributed by atoms with van der Waals surface area (Å²) >= 11 is 12.1. The number of carbonyl (C=O) groups is 1. The van der Waals surface area contributed by atoms with E-state index >= 15 is 0 Å². The Morgan fingerprint density at radius 1 is 1.10 bits per heavy atom. The third-order valence-electron chi connectivity index (χ3n) is 4.88. The summed E-state index contributed by atoms with van der Waals surface area (Å²) in [5.74, 6) is 0.199. The van der Waals surface area contributed by atoms with Gasteiger partial charge in [-0.05, 0) is 48.4 Å². The Bertz CT molecular complexity index is 1060.